The smallest absolute Gasteiger partial charge is 0.255 e. The van der Waals surface area contributed by atoms with E-state index in [4.69, 9.17) is 4.74 Å². The van der Waals surface area contributed by atoms with Crippen molar-refractivity contribution in [1.82, 2.24) is 14.8 Å². The van der Waals surface area contributed by atoms with Crippen LogP contribution in [0.15, 0.2) is 54.9 Å². The lowest BCUT2D eigenvalue weighted by atomic mass is 10.1. The van der Waals surface area contributed by atoms with E-state index in [0.29, 0.717) is 17.0 Å². The maximum absolute atomic E-state index is 12.3. The van der Waals surface area contributed by atoms with Crippen molar-refractivity contribution < 1.29 is 9.53 Å². The summed E-state index contributed by atoms with van der Waals surface area (Å²) in [4.78, 5) is 12.3. The third-order valence-corrected chi connectivity index (χ3v) is 3.69. The van der Waals surface area contributed by atoms with E-state index in [1.165, 1.54) is 0 Å². The van der Waals surface area contributed by atoms with Gasteiger partial charge in [0.1, 0.15) is 12.1 Å². The van der Waals surface area contributed by atoms with Crippen LogP contribution in [0.25, 0.3) is 11.4 Å². The molecule has 6 nitrogen and oxygen atoms in total. The third kappa shape index (κ3) is 3.27. The van der Waals surface area contributed by atoms with E-state index in [2.05, 4.69) is 15.5 Å². The summed E-state index contributed by atoms with van der Waals surface area (Å²) in [6.07, 6.45) is 1.69. The van der Waals surface area contributed by atoms with Crippen molar-refractivity contribution in [2.45, 2.75) is 13.5 Å². The van der Waals surface area contributed by atoms with Crippen molar-refractivity contribution in [3.63, 3.8) is 0 Å². The summed E-state index contributed by atoms with van der Waals surface area (Å²) in [5, 5.41) is 11.0. The number of carbonyl (C=O) groups is 1. The summed E-state index contributed by atoms with van der Waals surface area (Å²) in [6, 6.07) is 14.5. The van der Waals surface area contributed by atoms with E-state index in [1.807, 2.05) is 35.8 Å². The number of hydrogen-bond donors (Lipinski definition) is 1. The van der Waals surface area contributed by atoms with Gasteiger partial charge in [0.25, 0.3) is 5.91 Å². The molecule has 6 heteroatoms. The lowest BCUT2D eigenvalue weighted by molar-refractivity contribution is 0.102. The van der Waals surface area contributed by atoms with E-state index >= 15 is 0 Å². The minimum atomic E-state index is -0.174. The largest absolute Gasteiger partial charge is 0.497 e. The van der Waals surface area contributed by atoms with Crippen molar-refractivity contribution in [3.8, 4) is 17.1 Å². The van der Waals surface area contributed by atoms with Crippen molar-refractivity contribution in [1.29, 1.82) is 0 Å². The second-order valence-electron chi connectivity index (χ2n) is 5.20. The Kier molecular flexibility index (Phi) is 4.56. The molecule has 3 aromatic rings. The number of amides is 1. The van der Waals surface area contributed by atoms with Crippen LogP contribution in [-0.4, -0.2) is 27.8 Å². The highest BCUT2D eigenvalue weighted by molar-refractivity contribution is 6.04. The molecule has 3 rings (SSSR count). The number of benzene rings is 2. The Labute approximate surface area is 140 Å². The number of nitrogens with zero attached hydrogens (tertiary/aromatic N) is 3. The number of nitrogens with one attached hydrogen (secondary N) is 1. The predicted octanol–water partition coefficient (Wildman–Crippen LogP) is 3.23. The molecule has 1 amide bonds. The summed E-state index contributed by atoms with van der Waals surface area (Å²) >= 11 is 0. The number of carbonyl (C=O) groups excluding carboxylic acids is 1. The van der Waals surface area contributed by atoms with Crippen LogP contribution in [0.1, 0.15) is 17.3 Å². The average molecular weight is 322 g/mol. The van der Waals surface area contributed by atoms with Crippen LogP contribution in [0.5, 0.6) is 5.75 Å². The van der Waals surface area contributed by atoms with Crippen LogP contribution >= 0.6 is 0 Å². The maximum Gasteiger partial charge on any atom is 0.255 e. The first-order chi connectivity index (χ1) is 11.7. The van der Waals surface area contributed by atoms with E-state index in [-0.39, 0.29) is 5.91 Å². The fourth-order valence-corrected chi connectivity index (χ4v) is 2.39. The highest BCUT2D eigenvalue weighted by atomic mass is 16.5. The molecule has 24 heavy (non-hydrogen) atoms. The SMILES string of the molecule is CCn1cnnc1-c1cccc(NC(=O)c2ccc(OC)cc2)c1. The van der Waals surface area contributed by atoms with Gasteiger partial charge in [0.15, 0.2) is 5.82 Å². The normalized spacial score (nSPS) is 10.4. The maximum atomic E-state index is 12.3. The molecule has 1 aromatic heterocycles. The Hall–Kier alpha value is -3.15. The van der Waals surface area contributed by atoms with Gasteiger partial charge in [-0.1, -0.05) is 12.1 Å². The zero-order valence-corrected chi connectivity index (χ0v) is 13.6. The summed E-state index contributed by atoms with van der Waals surface area (Å²) < 4.78 is 7.05. The van der Waals surface area contributed by atoms with E-state index in [9.17, 15) is 4.79 Å². The first kappa shape index (κ1) is 15.7. The molecule has 0 radical (unpaired) electrons. The zero-order chi connectivity index (χ0) is 16.9. The second kappa shape index (κ2) is 6.95. The Morgan fingerprint density at radius 2 is 2.00 bits per heavy atom. The Bertz CT molecular complexity index is 840. The number of hydrogen-bond acceptors (Lipinski definition) is 4. The van der Waals surface area contributed by atoms with Crippen molar-refractivity contribution in [3.05, 3.63) is 60.4 Å². The van der Waals surface area contributed by atoms with Crippen molar-refractivity contribution in [2.75, 3.05) is 12.4 Å². The van der Waals surface area contributed by atoms with Gasteiger partial charge < -0.3 is 14.6 Å². The quantitative estimate of drug-likeness (QED) is 0.783. The third-order valence-electron chi connectivity index (χ3n) is 3.69. The van der Waals surface area contributed by atoms with Gasteiger partial charge in [-0.05, 0) is 43.3 Å². The molecular formula is C18H18N4O2. The summed E-state index contributed by atoms with van der Waals surface area (Å²) in [5.74, 6) is 1.32. The van der Waals surface area contributed by atoms with Gasteiger partial charge >= 0.3 is 0 Å². The molecule has 0 saturated heterocycles. The van der Waals surface area contributed by atoms with Gasteiger partial charge in [-0.25, -0.2) is 0 Å². The number of aromatic nitrogens is 3. The first-order valence-corrected chi connectivity index (χ1v) is 7.65. The molecule has 0 atom stereocenters. The monoisotopic (exact) mass is 322 g/mol. The molecule has 2 aromatic carbocycles. The standard InChI is InChI=1S/C18H18N4O2/c1-3-22-12-19-21-17(22)14-5-4-6-15(11-14)20-18(23)13-7-9-16(24-2)10-8-13/h4-12H,3H2,1-2H3,(H,20,23). The van der Waals surface area contributed by atoms with Gasteiger partial charge in [0, 0.05) is 23.4 Å². The number of anilines is 1. The predicted molar refractivity (Wildman–Crippen MR) is 92.1 cm³/mol. The van der Waals surface area contributed by atoms with E-state index in [0.717, 1.165) is 17.9 Å². The fraction of sp³-hybridized carbons (Fsp3) is 0.167. The molecule has 0 spiro atoms. The molecule has 0 bridgehead atoms. The zero-order valence-electron chi connectivity index (χ0n) is 13.6. The van der Waals surface area contributed by atoms with Gasteiger partial charge in [0.2, 0.25) is 0 Å². The molecule has 0 saturated carbocycles. The highest BCUT2D eigenvalue weighted by Gasteiger charge is 2.09. The molecular weight excluding hydrogens is 304 g/mol. The highest BCUT2D eigenvalue weighted by Crippen LogP contribution is 2.21. The first-order valence-electron chi connectivity index (χ1n) is 7.65. The van der Waals surface area contributed by atoms with Crippen molar-refractivity contribution >= 4 is 11.6 Å². The molecule has 1 N–H and O–H groups in total. The van der Waals surface area contributed by atoms with Crippen LogP contribution in [0.2, 0.25) is 0 Å². The van der Waals surface area contributed by atoms with E-state index in [1.54, 1.807) is 37.7 Å². The number of ether oxygens (including phenoxy) is 1. The van der Waals surface area contributed by atoms with Crippen LogP contribution in [0, 0.1) is 0 Å². The fourth-order valence-electron chi connectivity index (χ4n) is 2.39. The summed E-state index contributed by atoms with van der Waals surface area (Å²) in [7, 11) is 1.59. The van der Waals surface area contributed by atoms with Crippen LogP contribution in [0.3, 0.4) is 0 Å². The molecule has 122 valence electrons. The van der Waals surface area contributed by atoms with Crippen molar-refractivity contribution in [2.24, 2.45) is 0 Å². The van der Waals surface area contributed by atoms with Gasteiger partial charge in [0.05, 0.1) is 7.11 Å². The molecule has 0 aliphatic carbocycles. The Balaban J connectivity index is 1.80. The topological polar surface area (TPSA) is 69.0 Å². The number of methoxy groups -OCH3 is 1. The average Bonchev–Trinajstić information content (AvgIpc) is 3.11. The van der Waals surface area contributed by atoms with Gasteiger partial charge in [-0.2, -0.15) is 0 Å². The lowest BCUT2D eigenvalue weighted by Crippen LogP contribution is -2.11. The molecule has 0 fully saturated rings. The van der Waals surface area contributed by atoms with Crippen LogP contribution in [0.4, 0.5) is 5.69 Å². The molecule has 0 aliphatic heterocycles. The van der Waals surface area contributed by atoms with E-state index < -0.39 is 0 Å². The van der Waals surface area contributed by atoms with Gasteiger partial charge in [-0.15, -0.1) is 10.2 Å². The Morgan fingerprint density at radius 3 is 2.71 bits per heavy atom. The molecule has 0 unspecified atom stereocenters. The minimum Gasteiger partial charge on any atom is -0.497 e. The van der Waals surface area contributed by atoms with Crippen LogP contribution < -0.4 is 10.1 Å². The molecule has 1 heterocycles. The number of rotatable bonds is 5. The van der Waals surface area contributed by atoms with Crippen LogP contribution in [-0.2, 0) is 6.54 Å². The van der Waals surface area contributed by atoms with Gasteiger partial charge in [-0.3, -0.25) is 4.79 Å². The summed E-state index contributed by atoms with van der Waals surface area (Å²) in [6.45, 7) is 2.81. The lowest BCUT2D eigenvalue weighted by Gasteiger charge is -2.08. The molecule has 0 aliphatic rings. The second-order valence-corrected chi connectivity index (χ2v) is 5.20. The number of aryl methyl sites for hydroxylation is 1. The Morgan fingerprint density at radius 1 is 1.21 bits per heavy atom. The summed E-state index contributed by atoms with van der Waals surface area (Å²) in [5.41, 5.74) is 2.18. The minimum absolute atomic E-state index is 0.174.